The average molecular weight is 142 g/mol. The highest BCUT2D eigenvalue weighted by molar-refractivity contribution is 4.74. The normalized spacial score (nSPS) is 34.2. The standard InChI is InChI=1S/C8H18N2/c1-10-6-7-2-4-8(9)5-3-7/h7-8,10H,2-6,9H2,1H3. The van der Waals surface area contributed by atoms with Gasteiger partial charge in [-0.15, -0.1) is 0 Å². The molecule has 0 radical (unpaired) electrons. The van der Waals surface area contributed by atoms with Gasteiger partial charge >= 0.3 is 0 Å². The number of hydrogen-bond acceptors (Lipinski definition) is 2. The maximum Gasteiger partial charge on any atom is 0.00390 e. The maximum atomic E-state index is 5.77. The van der Waals surface area contributed by atoms with Crippen molar-refractivity contribution in [3.05, 3.63) is 0 Å². The fourth-order valence-corrected chi connectivity index (χ4v) is 1.68. The SMILES string of the molecule is CNCC1CCC(N)CC1. The van der Waals surface area contributed by atoms with Gasteiger partial charge in [-0.2, -0.15) is 0 Å². The second-order valence-electron chi connectivity index (χ2n) is 3.34. The van der Waals surface area contributed by atoms with Gasteiger partial charge in [-0.1, -0.05) is 0 Å². The van der Waals surface area contributed by atoms with Gasteiger partial charge in [0.2, 0.25) is 0 Å². The van der Waals surface area contributed by atoms with E-state index in [1.165, 1.54) is 32.2 Å². The van der Waals surface area contributed by atoms with E-state index in [2.05, 4.69) is 5.32 Å². The molecule has 2 nitrogen and oxygen atoms in total. The molecule has 60 valence electrons. The van der Waals surface area contributed by atoms with Crippen molar-refractivity contribution < 1.29 is 0 Å². The second kappa shape index (κ2) is 3.94. The average Bonchev–Trinajstić information content (AvgIpc) is 1.95. The Morgan fingerprint density at radius 2 is 1.90 bits per heavy atom. The van der Waals surface area contributed by atoms with Crippen molar-refractivity contribution in [3.63, 3.8) is 0 Å². The smallest absolute Gasteiger partial charge is 0.00390 e. The summed E-state index contributed by atoms with van der Waals surface area (Å²) in [6.45, 7) is 1.17. The number of nitrogens with two attached hydrogens (primary N) is 1. The van der Waals surface area contributed by atoms with Crippen molar-refractivity contribution in [2.24, 2.45) is 11.7 Å². The molecule has 0 aliphatic heterocycles. The van der Waals surface area contributed by atoms with E-state index >= 15 is 0 Å². The molecule has 0 aromatic rings. The fraction of sp³-hybridized carbons (Fsp3) is 1.00. The van der Waals surface area contributed by atoms with Crippen molar-refractivity contribution in [2.45, 2.75) is 31.7 Å². The van der Waals surface area contributed by atoms with Gasteiger partial charge in [0.1, 0.15) is 0 Å². The van der Waals surface area contributed by atoms with Crippen LogP contribution in [-0.4, -0.2) is 19.6 Å². The molecule has 1 rings (SSSR count). The highest BCUT2D eigenvalue weighted by Crippen LogP contribution is 2.21. The largest absolute Gasteiger partial charge is 0.328 e. The molecule has 0 aromatic heterocycles. The molecule has 1 saturated carbocycles. The van der Waals surface area contributed by atoms with Crippen LogP contribution in [0.3, 0.4) is 0 Å². The Hall–Kier alpha value is -0.0800. The van der Waals surface area contributed by atoms with Crippen LogP contribution in [-0.2, 0) is 0 Å². The first kappa shape index (κ1) is 8.02. The van der Waals surface area contributed by atoms with Crippen molar-refractivity contribution in [1.29, 1.82) is 0 Å². The summed E-state index contributed by atoms with van der Waals surface area (Å²) in [5.74, 6) is 0.893. The summed E-state index contributed by atoms with van der Waals surface area (Å²) in [7, 11) is 2.02. The first-order chi connectivity index (χ1) is 4.83. The first-order valence-corrected chi connectivity index (χ1v) is 4.23. The van der Waals surface area contributed by atoms with E-state index in [0.717, 1.165) is 5.92 Å². The lowest BCUT2D eigenvalue weighted by Gasteiger charge is -2.25. The summed E-state index contributed by atoms with van der Waals surface area (Å²) in [4.78, 5) is 0. The van der Waals surface area contributed by atoms with E-state index in [-0.39, 0.29) is 0 Å². The van der Waals surface area contributed by atoms with Crippen LogP contribution in [0.15, 0.2) is 0 Å². The van der Waals surface area contributed by atoms with Crippen LogP contribution in [0.25, 0.3) is 0 Å². The Kier molecular flexibility index (Phi) is 3.16. The molecule has 0 amide bonds. The van der Waals surface area contributed by atoms with E-state index in [9.17, 15) is 0 Å². The summed E-state index contributed by atoms with van der Waals surface area (Å²) < 4.78 is 0. The van der Waals surface area contributed by atoms with Gasteiger partial charge < -0.3 is 11.1 Å². The van der Waals surface area contributed by atoms with Gasteiger partial charge in [-0.3, -0.25) is 0 Å². The zero-order valence-electron chi connectivity index (χ0n) is 6.77. The lowest BCUT2D eigenvalue weighted by molar-refractivity contribution is 0.320. The van der Waals surface area contributed by atoms with Gasteiger partial charge in [0.15, 0.2) is 0 Å². The molecular formula is C8H18N2. The Morgan fingerprint density at radius 3 is 2.40 bits per heavy atom. The van der Waals surface area contributed by atoms with Crippen LogP contribution in [0.5, 0.6) is 0 Å². The van der Waals surface area contributed by atoms with Gasteiger partial charge in [-0.25, -0.2) is 0 Å². The molecule has 3 N–H and O–H groups in total. The van der Waals surface area contributed by atoms with Crippen molar-refractivity contribution in [2.75, 3.05) is 13.6 Å². The van der Waals surface area contributed by atoms with E-state index < -0.39 is 0 Å². The quantitative estimate of drug-likeness (QED) is 0.596. The van der Waals surface area contributed by atoms with Crippen LogP contribution in [0.4, 0.5) is 0 Å². The van der Waals surface area contributed by atoms with E-state index in [4.69, 9.17) is 5.73 Å². The summed E-state index contributed by atoms with van der Waals surface area (Å²) in [5, 5.41) is 3.21. The van der Waals surface area contributed by atoms with Gasteiger partial charge in [0.05, 0.1) is 0 Å². The molecule has 1 aliphatic rings. The second-order valence-corrected chi connectivity index (χ2v) is 3.34. The molecule has 0 saturated heterocycles. The Balaban J connectivity index is 2.13. The number of rotatable bonds is 2. The summed E-state index contributed by atoms with van der Waals surface area (Å²) in [6.07, 6.45) is 5.10. The fourth-order valence-electron chi connectivity index (χ4n) is 1.68. The first-order valence-electron chi connectivity index (χ1n) is 4.23. The molecule has 0 unspecified atom stereocenters. The molecule has 1 aliphatic carbocycles. The van der Waals surface area contributed by atoms with Crippen molar-refractivity contribution in [3.8, 4) is 0 Å². The minimum Gasteiger partial charge on any atom is -0.328 e. The van der Waals surface area contributed by atoms with E-state index in [0.29, 0.717) is 6.04 Å². The lowest BCUT2D eigenvalue weighted by Crippen LogP contribution is -2.30. The van der Waals surface area contributed by atoms with Crippen LogP contribution in [0, 0.1) is 5.92 Å². The van der Waals surface area contributed by atoms with Crippen LogP contribution < -0.4 is 11.1 Å². The Bertz CT molecular complexity index is 85.3. The monoisotopic (exact) mass is 142 g/mol. The topological polar surface area (TPSA) is 38.0 Å². The Morgan fingerprint density at radius 1 is 1.30 bits per heavy atom. The molecule has 0 atom stereocenters. The number of nitrogens with one attached hydrogen (secondary N) is 1. The third-order valence-corrected chi connectivity index (χ3v) is 2.38. The van der Waals surface area contributed by atoms with E-state index in [1.807, 2.05) is 7.05 Å². The summed E-state index contributed by atoms with van der Waals surface area (Å²) in [6, 6.07) is 0.494. The predicted octanol–water partition coefficient (Wildman–Crippen LogP) is 0.723. The highest BCUT2D eigenvalue weighted by atomic mass is 14.8. The van der Waals surface area contributed by atoms with Gasteiger partial charge in [-0.05, 0) is 45.2 Å². The van der Waals surface area contributed by atoms with E-state index in [1.54, 1.807) is 0 Å². The van der Waals surface area contributed by atoms with Crippen molar-refractivity contribution >= 4 is 0 Å². The van der Waals surface area contributed by atoms with Gasteiger partial charge in [0, 0.05) is 6.04 Å². The predicted molar refractivity (Wildman–Crippen MR) is 43.9 cm³/mol. The van der Waals surface area contributed by atoms with Crippen LogP contribution in [0.2, 0.25) is 0 Å². The molecule has 0 bridgehead atoms. The molecule has 0 aromatic carbocycles. The zero-order chi connectivity index (χ0) is 7.40. The molecule has 2 heteroatoms. The maximum absolute atomic E-state index is 5.77. The summed E-state index contributed by atoms with van der Waals surface area (Å²) >= 11 is 0. The lowest BCUT2D eigenvalue weighted by atomic mass is 9.86. The molecule has 0 spiro atoms. The Labute approximate surface area is 63.2 Å². The van der Waals surface area contributed by atoms with Gasteiger partial charge in [0.25, 0.3) is 0 Å². The summed E-state index contributed by atoms with van der Waals surface area (Å²) in [5.41, 5.74) is 5.77. The van der Waals surface area contributed by atoms with Crippen LogP contribution in [0.1, 0.15) is 25.7 Å². The van der Waals surface area contributed by atoms with Crippen LogP contribution >= 0.6 is 0 Å². The number of hydrogen-bond donors (Lipinski definition) is 2. The van der Waals surface area contributed by atoms with Crippen molar-refractivity contribution in [1.82, 2.24) is 5.32 Å². The molecule has 10 heavy (non-hydrogen) atoms. The third-order valence-electron chi connectivity index (χ3n) is 2.38. The zero-order valence-corrected chi connectivity index (χ0v) is 6.77. The molecule has 1 fully saturated rings. The minimum absolute atomic E-state index is 0.494. The highest BCUT2D eigenvalue weighted by Gasteiger charge is 2.16. The minimum atomic E-state index is 0.494. The molecular weight excluding hydrogens is 124 g/mol. The molecule has 0 heterocycles. The third kappa shape index (κ3) is 2.27.